The zero-order valence-electron chi connectivity index (χ0n) is 4.59. The topological polar surface area (TPSA) is 26.1 Å². The number of hydroxylamine groups is 1. The van der Waals surface area contributed by atoms with Gasteiger partial charge in [-0.15, -0.1) is 0 Å². The van der Waals surface area contributed by atoms with Crippen molar-refractivity contribution in [2.75, 3.05) is 0 Å². The van der Waals surface area contributed by atoms with Crippen molar-refractivity contribution in [2.24, 2.45) is 0 Å². The van der Waals surface area contributed by atoms with Gasteiger partial charge < -0.3 is 5.21 Å². The van der Waals surface area contributed by atoms with Crippen LogP contribution in [0.4, 0.5) is 0 Å². The lowest BCUT2D eigenvalue weighted by Gasteiger charge is -1.89. The molecular weight excluding hydrogens is 102 g/mol. The fourth-order valence-corrected chi connectivity index (χ4v) is 0.461. The Balaban J connectivity index is 2.97. The highest BCUT2D eigenvalue weighted by Crippen LogP contribution is 1.89. The third-order valence-corrected chi connectivity index (χ3v) is 0.946. The van der Waals surface area contributed by atoms with E-state index in [0.717, 1.165) is 4.74 Å². The summed E-state index contributed by atoms with van der Waals surface area (Å²) < 4.78 is 0.802. The fourth-order valence-electron chi connectivity index (χ4n) is 0.461. The van der Waals surface area contributed by atoms with Crippen LogP contribution in [0.5, 0.6) is 0 Å². The molecule has 0 saturated carbocycles. The van der Waals surface area contributed by atoms with Crippen molar-refractivity contribution >= 4 is 5.71 Å². The second-order valence-corrected chi connectivity index (χ2v) is 1.59. The van der Waals surface area contributed by atoms with E-state index in [0.29, 0.717) is 5.71 Å². The summed E-state index contributed by atoms with van der Waals surface area (Å²) in [4.78, 5) is 0. The molecule has 1 rings (SSSR count). The van der Waals surface area contributed by atoms with Gasteiger partial charge in [0.25, 0.3) is 11.9 Å². The SMILES string of the molecule is CC1=[N+]([O-])C=C[C+]=C1. The van der Waals surface area contributed by atoms with Gasteiger partial charge in [0.05, 0.1) is 13.0 Å². The molecule has 2 nitrogen and oxygen atoms in total. The highest BCUT2D eigenvalue weighted by molar-refractivity contribution is 5.88. The van der Waals surface area contributed by atoms with Gasteiger partial charge in [-0.1, -0.05) is 4.74 Å². The Bertz CT molecular complexity index is 157. The molecule has 0 radical (unpaired) electrons. The molecule has 0 fully saturated rings. The van der Waals surface area contributed by atoms with Gasteiger partial charge in [-0.3, -0.25) is 0 Å². The molecule has 8 heavy (non-hydrogen) atoms. The summed E-state index contributed by atoms with van der Waals surface area (Å²) in [6.07, 6.45) is 7.44. The van der Waals surface area contributed by atoms with Crippen molar-refractivity contribution in [3.8, 4) is 0 Å². The van der Waals surface area contributed by atoms with Crippen LogP contribution in [0.2, 0.25) is 0 Å². The third-order valence-electron chi connectivity index (χ3n) is 0.946. The van der Waals surface area contributed by atoms with E-state index < -0.39 is 0 Å². The number of hydrogen-bond donors (Lipinski definition) is 0. The lowest BCUT2D eigenvalue weighted by atomic mass is 10.3. The minimum Gasteiger partial charge on any atom is -0.595 e. The van der Waals surface area contributed by atoms with Crippen LogP contribution in [-0.2, 0) is 0 Å². The molecule has 0 spiro atoms. The van der Waals surface area contributed by atoms with E-state index in [9.17, 15) is 5.21 Å². The van der Waals surface area contributed by atoms with E-state index in [1.165, 1.54) is 6.20 Å². The molecule has 40 valence electrons. The van der Waals surface area contributed by atoms with Gasteiger partial charge in [0, 0.05) is 0 Å². The van der Waals surface area contributed by atoms with Gasteiger partial charge in [0.15, 0.2) is 12.2 Å². The van der Waals surface area contributed by atoms with Gasteiger partial charge in [-0.2, -0.15) is 0 Å². The van der Waals surface area contributed by atoms with Crippen molar-refractivity contribution < 1.29 is 4.74 Å². The second-order valence-electron chi connectivity index (χ2n) is 1.59. The van der Waals surface area contributed by atoms with Gasteiger partial charge in [-0.05, 0) is 0 Å². The summed E-state index contributed by atoms with van der Waals surface area (Å²) in [5, 5.41) is 10.5. The van der Waals surface area contributed by atoms with Crippen LogP contribution < -0.4 is 0 Å². The summed E-state index contributed by atoms with van der Waals surface area (Å²) in [5.74, 6) is 0. The van der Waals surface area contributed by atoms with E-state index >= 15 is 0 Å². The predicted octanol–water partition coefficient (Wildman–Crippen LogP) is 0.844. The largest absolute Gasteiger partial charge is 0.595 e. The second kappa shape index (κ2) is 1.76. The predicted molar refractivity (Wildman–Crippen MR) is 31.3 cm³/mol. The Morgan fingerprint density at radius 2 is 2.50 bits per heavy atom. The first kappa shape index (κ1) is 5.01. The maximum atomic E-state index is 10.5. The van der Waals surface area contributed by atoms with Crippen LogP contribution >= 0.6 is 0 Å². The Hall–Kier alpha value is -1.14. The molecule has 0 aromatic rings. The maximum Gasteiger partial charge on any atom is 0.297 e. The molecule has 0 amide bonds. The Morgan fingerprint density at radius 1 is 1.75 bits per heavy atom. The minimum atomic E-state index is 0.674. The summed E-state index contributed by atoms with van der Waals surface area (Å²) in [6, 6.07) is 0. The number of nitrogens with zero attached hydrogens (tertiary/aromatic N) is 1. The quantitative estimate of drug-likeness (QED) is 0.256. The summed E-state index contributed by atoms with van der Waals surface area (Å²) >= 11 is 0. The highest BCUT2D eigenvalue weighted by Gasteiger charge is 2.06. The minimum absolute atomic E-state index is 0.674. The highest BCUT2D eigenvalue weighted by atomic mass is 16.5. The smallest absolute Gasteiger partial charge is 0.297 e. The molecule has 1 aliphatic rings. The van der Waals surface area contributed by atoms with Gasteiger partial charge >= 0.3 is 0 Å². The summed E-state index contributed by atoms with van der Waals surface area (Å²) in [6.45, 7) is 1.74. The van der Waals surface area contributed by atoms with Crippen molar-refractivity contribution in [3.05, 3.63) is 29.6 Å². The van der Waals surface area contributed by atoms with Crippen molar-refractivity contribution in [2.45, 2.75) is 6.92 Å². The average Bonchev–Trinajstić information content (AvgIpc) is 1.77. The zero-order valence-corrected chi connectivity index (χ0v) is 4.59. The van der Waals surface area contributed by atoms with Crippen LogP contribution in [0.1, 0.15) is 6.92 Å². The van der Waals surface area contributed by atoms with E-state index in [1.807, 2.05) is 0 Å². The Kier molecular flexibility index (Phi) is 1.10. The first-order chi connectivity index (χ1) is 3.80. The van der Waals surface area contributed by atoms with Crippen LogP contribution in [0.25, 0.3) is 0 Å². The number of allylic oxidation sites excluding steroid dienone is 3. The molecule has 0 bridgehead atoms. The van der Waals surface area contributed by atoms with Gasteiger partial charge in [0.2, 0.25) is 0 Å². The fraction of sp³-hybridized carbons (Fsp3) is 0.167. The molecule has 1 heterocycles. The lowest BCUT2D eigenvalue weighted by Crippen LogP contribution is -2.05. The Morgan fingerprint density at radius 3 is 2.88 bits per heavy atom. The van der Waals surface area contributed by atoms with E-state index in [2.05, 4.69) is 6.08 Å². The molecule has 0 saturated heterocycles. The molecule has 1 aliphatic heterocycles. The third kappa shape index (κ3) is 0.745. The van der Waals surface area contributed by atoms with Crippen molar-refractivity contribution in [1.29, 1.82) is 0 Å². The normalized spacial score (nSPS) is 16.6. The van der Waals surface area contributed by atoms with Crippen molar-refractivity contribution in [3.63, 3.8) is 0 Å². The monoisotopic (exact) mass is 108 g/mol. The van der Waals surface area contributed by atoms with Crippen LogP contribution in [0.15, 0.2) is 18.4 Å². The standard InChI is InChI=1S/C6H6NO/c1-6-4-2-3-5-7(6)8/h3-5H,1H3/q+1. The van der Waals surface area contributed by atoms with E-state index in [1.54, 1.807) is 19.1 Å². The van der Waals surface area contributed by atoms with Crippen molar-refractivity contribution in [1.82, 2.24) is 0 Å². The van der Waals surface area contributed by atoms with Crippen LogP contribution in [-0.4, -0.2) is 10.5 Å². The van der Waals surface area contributed by atoms with Crippen LogP contribution in [0, 0.1) is 11.3 Å². The summed E-state index contributed by atoms with van der Waals surface area (Å²) in [5.41, 5.74) is 0.674. The molecule has 0 aromatic carbocycles. The first-order valence-corrected chi connectivity index (χ1v) is 2.36. The van der Waals surface area contributed by atoms with E-state index in [4.69, 9.17) is 0 Å². The van der Waals surface area contributed by atoms with Gasteiger partial charge in [0.1, 0.15) is 0 Å². The molecule has 0 unspecified atom stereocenters. The Labute approximate surface area is 48.0 Å². The van der Waals surface area contributed by atoms with Gasteiger partial charge in [-0.25, -0.2) is 0 Å². The average molecular weight is 108 g/mol. The van der Waals surface area contributed by atoms with E-state index in [-0.39, 0.29) is 0 Å². The molecular formula is C6H6NO+. The maximum absolute atomic E-state index is 10.5. The number of rotatable bonds is 0. The lowest BCUT2D eigenvalue weighted by molar-refractivity contribution is -0.378. The first-order valence-electron chi connectivity index (χ1n) is 2.36. The molecule has 0 aromatic heterocycles. The number of hydrogen-bond acceptors (Lipinski definition) is 1. The zero-order chi connectivity index (χ0) is 5.98. The molecule has 0 atom stereocenters. The van der Waals surface area contributed by atoms with Crippen LogP contribution in [0.3, 0.4) is 0 Å². The molecule has 0 aliphatic carbocycles. The molecule has 2 heteroatoms. The molecule has 0 N–H and O–H groups in total. The summed E-state index contributed by atoms with van der Waals surface area (Å²) in [7, 11) is 0.